The zero-order valence-electron chi connectivity index (χ0n) is 26.3. The van der Waals surface area contributed by atoms with Gasteiger partial charge in [0.25, 0.3) is 0 Å². The molecule has 0 aliphatic carbocycles. The SMILES string of the molecule is CCOC(=O)CCCCN1\C(=C/C=C/C=C/C2=[N+](Cc3ccccc3)c3ccccc3C2(C)C)C(C)(C)c2ccccc21. The van der Waals surface area contributed by atoms with E-state index in [9.17, 15) is 4.79 Å². The molecule has 0 fully saturated rings. The highest BCUT2D eigenvalue weighted by Gasteiger charge is 2.44. The molecule has 0 N–H and O–H groups in total. The first-order valence-corrected chi connectivity index (χ1v) is 15.6. The van der Waals surface area contributed by atoms with Crippen molar-refractivity contribution < 1.29 is 14.1 Å². The number of anilines is 1. The monoisotopic (exact) mass is 573 g/mol. The lowest BCUT2D eigenvalue weighted by Crippen LogP contribution is -2.27. The number of fused-ring (bicyclic) bond motifs is 2. The van der Waals surface area contributed by atoms with E-state index >= 15 is 0 Å². The van der Waals surface area contributed by atoms with Gasteiger partial charge >= 0.3 is 5.97 Å². The molecule has 2 aliphatic rings. The van der Waals surface area contributed by atoms with Gasteiger partial charge in [0, 0.05) is 53.0 Å². The smallest absolute Gasteiger partial charge is 0.305 e. The molecule has 0 radical (unpaired) electrons. The van der Waals surface area contributed by atoms with Crippen LogP contribution in [0.1, 0.15) is 70.6 Å². The summed E-state index contributed by atoms with van der Waals surface area (Å²) < 4.78 is 7.58. The van der Waals surface area contributed by atoms with Gasteiger partial charge in [0.05, 0.1) is 12.0 Å². The van der Waals surface area contributed by atoms with Crippen molar-refractivity contribution in [2.24, 2.45) is 0 Å². The summed E-state index contributed by atoms with van der Waals surface area (Å²) in [7, 11) is 0. The van der Waals surface area contributed by atoms with E-state index in [0.717, 1.165) is 25.9 Å². The van der Waals surface area contributed by atoms with E-state index in [4.69, 9.17) is 4.74 Å². The van der Waals surface area contributed by atoms with Crippen molar-refractivity contribution in [2.75, 3.05) is 18.1 Å². The minimum atomic E-state index is -0.109. The first kappa shape index (κ1) is 30.3. The van der Waals surface area contributed by atoms with E-state index in [1.165, 1.54) is 39.5 Å². The molecule has 3 aromatic carbocycles. The second-order valence-corrected chi connectivity index (χ2v) is 12.5. The molecule has 5 rings (SSSR count). The Kier molecular flexibility index (Phi) is 9.15. The van der Waals surface area contributed by atoms with Gasteiger partial charge in [-0.15, -0.1) is 0 Å². The fourth-order valence-electron chi connectivity index (χ4n) is 6.59. The van der Waals surface area contributed by atoms with Gasteiger partial charge in [0.1, 0.15) is 0 Å². The second-order valence-electron chi connectivity index (χ2n) is 12.5. The van der Waals surface area contributed by atoms with E-state index in [1.54, 1.807) is 0 Å². The maximum absolute atomic E-state index is 11.9. The fourth-order valence-corrected chi connectivity index (χ4v) is 6.59. The van der Waals surface area contributed by atoms with Crippen LogP contribution in [0.5, 0.6) is 0 Å². The number of carbonyl (C=O) groups is 1. The van der Waals surface area contributed by atoms with Crippen LogP contribution in [0.25, 0.3) is 0 Å². The lowest BCUT2D eigenvalue weighted by atomic mass is 9.81. The lowest BCUT2D eigenvalue weighted by molar-refractivity contribution is -0.455. The number of rotatable bonds is 11. The van der Waals surface area contributed by atoms with Gasteiger partial charge in [0.2, 0.25) is 5.69 Å². The van der Waals surface area contributed by atoms with Gasteiger partial charge in [-0.1, -0.05) is 98.8 Å². The minimum absolute atomic E-state index is 0.0936. The quantitative estimate of drug-likeness (QED) is 0.0995. The summed E-state index contributed by atoms with van der Waals surface area (Å²) >= 11 is 0. The van der Waals surface area contributed by atoms with Crippen molar-refractivity contribution in [3.63, 3.8) is 0 Å². The number of benzene rings is 3. The topological polar surface area (TPSA) is 32.5 Å². The Morgan fingerprint density at radius 2 is 1.51 bits per heavy atom. The maximum atomic E-state index is 11.9. The highest BCUT2D eigenvalue weighted by molar-refractivity contribution is 6.03. The number of hydrogen-bond donors (Lipinski definition) is 0. The molecule has 2 heterocycles. The molecular weight excluding hydrogens is 528 g/mol. The van der Waals surface area contributed by atoms with E-state index in [2.05, 4.69) is 146 Å². The zero-order chi connectivity index (χ0) is 30.5. The Balaban J connectivity index is 1.38. The molecule has 2 aliphatic heterocycles. The van der Waals surface area contributed by atoms with E-state index in [-0.39, 0.29) is 16.8 Å². The maximum Gasteiger partial charge on any atom is 0.305 e. The molecule has 0 amide bonds. The van der Waals surface area contributed by atoms with Crippen molar-refractivity contribution >= 4 is 23.1 Å². The Bertz CT molecular complexity index is 1570. The molecular formula is C39H45N2O2+. The van der Waals surface area contributed by atoms with Crippen molar-refractivity contribution in [3.8, 4) is 0 Å². The van der Waals surface area contributed by atoms with Crippen LogP contribution in [0.2, 0.25) is 0 Å². The van der Waals surface area contributed by atoms with E-state index < -0.39 is 0 Å². The van der Waals surface area contributed by atoms with Gasteiger partial charge in [-0.2, -0.15) is 4.58 Å². The summed E-state index contributed by atoms with van der Waals surface area (Å²) in [6.07, 6.45) is 13.2. The largest absolute Gasteiger partial charge is 0.466 e. The second kappa shape index (κ2) is 13.0. The molecule has 222 valence electrons. The standard InChI is InChI=1S/C39H45N2O2/c1-6-43-37(42)27-17-18-28-40-33-23-15-13-21-31(33)38(2,3)35(40)25-11-8-12-26-36-39(4,5)32-22-14-16-24-34(32)41(36)29-30-19-9-7-10-20-30/h7-16,19-26H,6,17-18,27-29H2,1-5H3/q+1. The van der Waals surface area contributed by atoms with Gasteiger partial charge in [-0.3, -0.25) is 4.79 Å². The predicted octanol–water partition coefficient (Wildman–Crippen LogP) is 8.79. The summed E-state index contributed by atoms with van der Waals surface area (Å²) in [5.41, 5.74) is 8.92. The van der Waals surface area contributed by atoms with Crippen LogP contribution < -0.4 is 4.90 Å². The average Bonchev–Trinajstić information content (AvgIpc) is 3.35. The Hall–Kier alpha value is -4.18. The Morgan fingerprint density at radius 3 is 2.28 bits per heavy atom. The molecule has 0 spiro atoms. The number of nitrogens with zero attached hydrogens (tertiary/aromatic N) is 2. The van der Waals surface area contributed by atoms with Crippen LogP contribution in [-0.4, -0.2) is 29.4 Å². The third-order valence-electron chi connectivity index (χ3n) is 8.83. The van der Waals surface area contributed by atoms with Crippen molar-refractivity contribution in [1.82, 2.24) is 0 Å². The predicted molar refractivity (Wildman–Crippen MR) is 178 cm³/mol. The third kappa shape index (κ3) is 6.29. The summed E-state index contributed by atoms with van der Waals surface area (Å²) in [5.74, 6) is -0.108. The molecule has 0 unspecified atom stereocenters. The minimum Gasteiger partial charge on any atom is -0.466 e. The van der Waals surface area contributed by atoms with Crippen LogP contribution in [-0.2, 0) is 26.9 Å². The first-order valence-electron chi connectivity index (χ1n) is 15.6. The highest BCUT2D eigenvalue weighted by Crippen LogP contribution is 2.47. The van der Waals surface area contributed by atoms with Gasteiger partial charge < -0.3 is 9.64 Å². The number of allylic oxidation sites excluding steroid dienone is 6. The van der Waals surface area contributed by atoms with Gasteiger partial charge in [-0.25, -0.2) is 0 Å². The summed E-state index contributed by atoms with van der Waals surface area (Å²) in [6.45, 7) is 13.2. The van der Waals surface area contributed by atoms with E-state index in [1.807, 2.05) is 6.92 Å². The Labute approximate surface area is 257 Å². The van der Waals surface area contributed by atoms with Crippen molar-refractivity contribution in [1.29, 1.82) is 0 Å². The zero-order valence-corrected chi connectivity index (χ0v) is 26.3. The summed E-state index contributed by atoms with van der Waals surface area (Å²) in [6, 6.07) is 28.2. The molecule has 0 aromatic heterocycles. The van der Waals surface area contributed by atoms with Crippen LogP contribution in [0.3, 0.4) is 0 Å². The Morgan fingerprint density at radius 1 is 0.814 bits per heavy atom. The highest BCUT2D eigenvalue weighted by atomic mass is 16.5. The van der Waals surface area contributed by atoms with Crippen LogP contribution in [0.15, 0.2) is 115 Å². The van der Waals surface area contributed by atoms with Crippen LogP contribution in [0.4, 0.5) is 11.4 Å². The first-order chi connectivity index (χ1) is 20.7. The summed E-state index contributed by atoms with van der Waals surface area (Å²) in [5, 5.41) is 0. The van der Waals surface area contributed by atoms with Gasteiger partial charge in [0.15, 0.2) is 12.3 Å². The molecule has 0 saturated carbocycles. The number of esters is 1. The number of para-hydroxylation sites is 2. The van der Waals surface area contributed by atoms with Crippen molar-refractivity contribution in [2.45, 2.75) is 71.3 Å². The number of ether oxygens (including phenoxy) is 1. The van der Waals surface area contributed by atoms with Crippen molar-refractivity contribution in [3.05, 3.63) is 132 Å². The van der Waals surface area contributed by atoms with E-state index in [0.29, 0.717) is 13.0 Å². The fraction of sp³-hybridized carbons (Fsp3) is 0.333. The summed E-state index contributed by atoms with van der Waals surface area (Å²) in [4.78, 5) is 14.3. The van der Waals surface area contributed by atoms with Gasteiger partial charge in [-0.05, 0) is 51.3 Å². The molecule has 0 saturated heterocycles. The number of carbonyl (C=O) groups excluding carboxylic acids is 1. The molecule has 0 bridgehead atoms. The third-order valence-corrected chi connectivity index (χ3v) is 8.83. The van der Waals surface area contributed by atoms with Crippen LogP contribution in [0, 0.1) is 0 Å². The lowest BCUT2D eigenvalue weighted by Gasteiger charge is -2.27. The number of hydrogen-bond acceptors (Lipinski definition) is 3. The molecule has 0 atom stereocenters. The number of unbranched alkanes of at least 4 members (excludes halogenated alkanes) is 1. The molecule has 43 heavy (non-hydrogen) atoms. The molecule has 3 aromatic rings. The van der Waals surface area contributed by atoms with Crippen LogP contribution >= 0.6 is 0 Å². The molecule has 4 nitrogen and oxygen atoms in total. The average molecular weight is 574 g/mol. The molecule has 4 heteroatoms. The normalized spacial score (nSPS) is 17.7.